The first-order valence-electron chi connectivity index (χ1n) is 6.35. The molecule has 2 amide bonds. The molecule has 1 aliphatic rings. The van der Waals surface area contributed by atoms with Gasteiger partial charge in [0.15, 0.2) is 0 Å². The average Bonchev–Trinajstić information content (AvgIpc) is 2.73. The lowest BCUT2D eigenvalue weighted by atomic mass is 10.2. The fourth-order valence-corrected chi connectivity index (χ4v) is 2.33. The average molecular weight is 334 g/mol. The molecule has 0 bridgehead atoms. The molecule has 0 aliphatic carbocycles. The van der Waals surface area contributed by atoms with Crippen LogP contribution in [0, 0.1) is 0 Å². The number of imide groups is 1. The monoisotopic (exact) mass is 333 g/mol. The molecule has 3 rings (SSSR count). The van der Waals surface area contributed by atoms with E-state index in [1.807, 2.05) is 30.3 Å². The number of amides is 2. The number of carbonyl (C=O) groups is 2. The molecule has 2 aromatic rings. The zero-order valence-corrected chi connectivity index (χ0v) is 12.6. The van der Waals surface area contributed by atoms with Gasteiger partial charge in [-0.05, 0) is 36.4 Å². The van der Waals surface area contributed by atoms with Crippen LogP contribution in [-0.4, -0.2) is 11.8 Å². The maximum absolute atomic E-state index is 11.9. The van der Waals surface area contributed by atoms with Gasteiger partial charge in [-0.25, -0.2) is 4.90 Å². The maximum Gasteiger partial charge on any atom is 0.278 e. The minimum absolute atomic E-state index is 0.267. The molecular formula is C16H9Cl2NO3. The second kappa shape index (κ2) is 5.83. The summed E-state index contributed by atoms with van der Waals surface area (Å²) >= 11 is 11.4. The predicted octanol–water partition coefficient (Wildman–Crippen LogP) is 4.04. The second-order valence-electron chi connectivity index (χ2n) is 4.48. The van der Waals surface area contributed by atoms with Crippen molar-refractivity contribution in [3.05, 3.63) is 64.7 Å². The fourth-order valence-electron chi connectivity index (χ4n) is 2.00. The summed E-state index contributed by atoms with van der Waals surface area (Å²) in [4.78, 5) is 24.7. The number of rotatable bonds is 3. The Kier molecular flexibility index (Phi) is 3.88. The molecule has 1 heterocycles. The van der Waals surface area contributed by atoms with Gasteiger partial charge in [-0.15, -0.1) is 0 Å². The Hall–Kier alpha value is -2.30. The third kappa shape index (κ3) is 2.58. The van der Waals surface area contributed by atoms with Crippen LogP contribution in [-0.2, 0) is 9.59 Å². The summed E-state index contributed by atoms with van der Waals surface area (Å²) in [6.07, 6.45) is 0. The number of anilines is 1. The van der Waals surface area contributed by atoms with Gasteiger partial charge in [-0.1, -0.05) is 41.4 Å². The number of hydrogen-bond donors (Lipinski definition) is 0. The number of benzene rings is 2. The first-order chi connectivity index (χ1) is 10.6. The van der Waals surface area contributed by atoms with Crippen molar-refractivity contribution in [2.45, 2.75) is 0 Å². The number of nitrogens with zero attached hydrogens (tertiary/aromatic N) is 1. The van der Waals surface area contributed by atoms with E-state index < -0.39 is 11.8 Å². The standard InChI is InChI=1S/C16H9Cl2NO3/c17-13-14(18)16(21)19(15(13)20)10-6-8-12(9-7-10)22-11-4-2-1-3-5-11/h1-9H. The van der Waals surface area contributed by atoms with Crippen molar-refractivity contribution in [2.75, 3.05) is 4.90 Å². The number of hydrogen-bond acceptors (Lipinski definition) is 3. The Bertz CT molecular complexity index is 746. The van der Waals surface area contributed by atoms with Crippen molar-refractivity contribution >= 4 is 40.7 Å². The van der Waals surface area contributed by atoms with Crippen LogP contribution in [0.2, 0.25) is 0 Å². The Balaban J connectivity index is 1.81. The molecule has 2 aromatic carbocycles. The molecule has 0 aromatic heterocycles. The van der Waals surface area contributed by atoms with E-state index in [1.54, 1.807) is 24.3 Å². The largest absolute Gasteiger partial charge is 0.457 e. The van der Waals surface area contributed by atoms with Gasteiger partial charge < -0.3 is 4.74 Å². The zero-order valence-electron chi connectivity index (χ0n) is 11.1. The smallest absolute Gasteiger partial charge is 0.278 e. The van der Waals surface area contributed by atoms with E-state index in [4.69, 9.17) is 27.9 Å². The lowest BCUT2D eigenvalue weighted by Gasteiger charge is -2.14. The lowest BCUT2D eigenvalue weighted by molar-refractivity contribution is -0.120. The molecule has 6 heteroatoms. The molecule has 110 valence electrons. The summed E-state index contributed by atoms with van der Waals surface area (Å²) in [5, 5.41) is -0.535. The van der Waals surface area contributed by atoms with E-state index in [2.05, 4.69) is 0 Å². The molecule has 0 atom stereocenters. The van der Waals surface area contributed by atoms with Crippen LogP contribution >= 0.6 is 23.2 Å². The molecule has 0 spiro atoms. The molecule has 0 saturated heterocycles. The van der Waals surface area contributed by atoms with E-state index in [0.29, 0.717) is 17.2 Å². The summed E-state index contributed by atoms with van der Waals surface area (Å²) in [6, 6.07) is 15.8. The highest BCUT2D eigenvalue weighted by molar-refractivity contribution is 6.62. The van der Waals surface area contributed by atoms with Crippen molar-refractivity contribution < 1.29 is 14.3 Å². The van der Waals surface area contributed by atoms with Gasteiger partial charge in [-0.2, -0.15) is 0 Å². The molecular weight excluding hydrogens is 325 g/mol. The third-order valence-corrected chi connectivity index (χ3v) is 3.85. The van der Waals surface area contributed by atoms with Gasteiger partial charge in [-0.3, -0.25) is 9.59 Å². The summed E-state index contributed by atoms with van der Waals surface area (Å²) in [6.45, 7) is 0. The quantitative estimate of drug-likeness (QED) is 0.796. The van der Waals surface area contributed by atoms with Crippen LogP contribution in [0.25, 0.3) is 0 Å². The minimum atomic E-state index is -0.631. The molecule has 0 unspecified atom stereocenters. The Morgan fingerprint density at radius 1 is 0.727 bits per heavy atom. The highest BCUT2D eigenvalue weighted by Crippen LogP contribution is 2.32. The first kappa shape index (κ1) is 14.6. The van der Waals surface area contributed by atoms with Crippen LogP contribution in [0.15, 0.2) is 64.7 Å². The van der Waals surface area contributed by atoms with E-state index >= 15 is 0 Å². The SMILES string of the molecule is O=C1C(Cl)=C(Cl)C(=O)N1c1ccc(Oc2ccccc2)cc1. The number of para-hydroxylation sites is 1. The van der Waals surface area contributed by atoms with E-state index in [1.165, 1.54) is 0 Å². The van der Waals surface area contributed by atoms with E-state index in [9.17, 15) is 9.59 Å². The normalized spacial score (nSPS) is 14.7. The molecule has 0 radical (unpaired) electrons. The Labute approximate surface area is 136 Å². The van der Waals surface area contributed by atoms with Crippen molar-refractivity contribution in [1.82, 2.24) is 0 Å². The van der Waals surface area contributed by atoms with Crippen molar-refractivity contribution in [3.63, 3.8) is 0 Å². The predicted molar refractivity (Wildman–Crippen MR) is 84.2 cm³/mol. The number of halogens is 2. The first-order valence-corrected chi connectivity index (χ1v) is 7.10. The van der Waals surface area contributed by atoms with Crippen molar-refractivity contribution in [1.29, 1.82) is 0 Å². The van der Waals surface area contributed by atoms with Crippen LogP contribution in [0.4, 0.5) is 5.69 Å². The van der Waals surface area contributed by atoms with Crippen LogP contribution in [0.3, 0.4) is 0 Å². The molecule has 0 N–H and O–H groups in total. The topological polar surface area (TPSA) is 46.6 Å². The van der Waals surface area contributed by atoms with Gasteiger partial charge in [0.25, 0.3) is 11.8 Å². The lowest BCUT2D eigenvalue weighted by Crippen LogP contribution is -2.30. The van der Waals surface area contributed by atoms with E-state index in [0.717, 1.165) is 4.90 Å². The molecule has 22 heavy (non-hydrogen) atoms. The number of ether oxygens (including phenoxy) is 1. The van der Waals surface area contributed by atoms with Gasteiger partial charge in [0.1, 0.15) is 21.6 Å². The molecule has 0 fully saturated rings. The second-order valence-corrected chi connectivity index (χ2v) is 5.24. The third-order valence-electron chi connectivity index (χ3n) is 3.05. The van der Waals surface area contributed by atoms with Gasteiger partial charge in [0.05, 0.1) is 5.69 Å². The fraction of sp³-hybridized carbons (Fsp3) is 0. The summed E-state index contributed by atoms with van der Waals surface area (Å²) in [7, 11) is 0. The van der Waals surface area contributed by atoms with Gasteiger partial charge >= 0.3 is 0 Å². The van der Waals surface area contributed by atoms with Crippen LogP contribution in [0.5, 0.6) is 11.5 Å². The van der Waals surface area contributed by atoms with Gasteiger partial charge in [0.2, 0.25) is 0 Å². The zero-order chi connectivity index (χ0) is 15.7. The Morgan fingerprint density at radius 2 is 1.23 bits per heavy atom. The summed E-state index contributed by atoms with van der Waals surface area (Å²) < 4.78 is 5.64. The van der Waals surface area contributed by atoms with E-state index in [-0.39, 0.29) is 10.1 Å². The van der Waals surface area contributed by atoms with Crippen LogP contribution < -0.4 is 9.64 Å². The number of carbonyl (C=O) groups excluding carboxylic acids is 2. The molecule has 0 saturated carbocycles. The molecule has 4 nitrogen and oxygen atoms in total. The summed E-state index contributed by atoms with van der Waals surface area (Å²) in [5.41, 5.74) is 0.379. The van der Waals surface area contributed by atoms with Crippen molar-refractivity contribution in [3.8, 4) is 11.5 Å². The van der Waals surface area contributed by atoms with Crippen LogP contribution in [0.1, 0.15) is 0 Å². The van der Waals surface area contributed by atoms with Crippen molar-refractivity contribution in [2.24, 2.45) is 0 Å². The molecule has 1 aliphatic heterocycles. The highest BCUT2D eigenvalue weighted by Gasteiger charge is 2.37. The highest BCUT2D eigenvalue weighted by atomic mass is 35.5. The Morgan fingerprint density at radius 3 is 1.77 bits per heavy atom. The maximum atomic E-state index is 11.9. The minimum Gasteiger partial charge on any atom is -0.457 e. The van der Waals surface area contributed by atoms with Gasteiger partial charge in [0, 0.05) is 0 Å². The summed E-state index contributed by atoms with van der Waals surface area (Å²) in [5.74, 6) is 0.0114.